The lowest BCUT2D eigenvalue weighted by Gasteiger charge is -2.13. The average molecular weight is 298 g/mol. The molecule has 0 saturated carbocycles. The molecular formula is C16H11FN2OS. The molecule has 2 N–H and O–H groups in total. The van der Waals surface area contributed by atoms with Gasteiger partial charge in [0, 0.05) is 21.6 Å². The lowest BCUT2D eigenvalue weighted by Crippen LogP contribution is -2.19. The lowest BCUT2D eigenvalue weighted by atomic mass is 10.1. The highest BCUT2D eigenvalue weighted by molar-refractivity contribution is 7.17. The molecular weight excluding hydrogens is 287 g/mol. The molecule has 1 amide bonds. The Morgan fingerprint density at radius 3 is 2.95 bits per heavy atom. The van der Waals surface area contributed by atoms with Gasteiger partial charge in [-0.25, -0.2) is 4.39 Å². The number of hydrogen-bond donors (Lipinski definition) is 2. The number of thiophene rings is 1. The third-order valence-corrected chi connectivity index (χ3v) is 4.51. The van der Waals surface area contributed by atoms with Crippen LogP contribution in [0.5, 0.6) is 0 Å². The van der Waals surface area contributed by atoms with Gasteiger partial charge in [-0.2, -0.15) is 0 Å². The summed E-state index contributed by atoms with van der Waals surface area (Å²) in [5.41, 5.74) is 2.15. The van der Waals surface area contributed by atoms with E-state index in [0.29, 0.717) is 11.3 Å². The van der Waals surface area contributed by atoms with Crippen molar-refractivity contribution < 1.29 is 9.18 Å². The highest BCUT2D eigenvalue weighted by atomic mass is 32.1. The maximum Gasteiger partial charge on any atom is 0.251 e. The molecule has 1 aliphatic rings. The second-order valence-corrected chi connectivity index (χ2v) is 5.92. The zero-order chi connectivity index (χ0) is 14.4. The van der Waals surface area contributed by atoms with E-state index in [0.717, 1.165) is 11.1 Å². The van der Waals surface area contributed by atoms with Crippen LogP contribution in [0.3, 0.4) is 0 Å². The second kappa shape index (κ2) is 4.56. The van der Waals surface area contributed by atoms with Gasteiger partial charge in [0.05, 0.1) is 0 Å². The quantitative estimate of drug-likeness (QED) is 0.746. The van der Waals surface area contributed by atoms with Crippen LogP contribution >= 0.6 is 11.3 Å². The van der Waals surface area contributed by atoms with Gasteiger partial charge >= 0.3 is 0 Å². The van der Waals surface area contributed by atoms with E-state index in [-0.39, 0.29) is 11.7 Å². The average Bonchev–Trinajstić information content (AvgIpc) is 3.04. The van der Waals surface area contributed by atoms with E-state index in [4.69, 9.17) is 0 Å². The van der Waals surface area contributed by atoms with Gasteiger partial charge in [0.2, 0.25) is 0 Å². The van der Waals surface area contributed by atoms with Crippen LogP contribution in [0.2, 0.25) is 0 Å². The Labute approximate surface area is 124 Å². The molecule has 0 aliphatic carbocycles. The van der Waals surface area contributed by atoms with Crippen LogP contribution in [-0.2, 0) is 4.79 Å². The SMILES string of the molecule is O=C1Nc2ccc(F)cc2C1Nc1ccc2sccc2c1. The van der Waals surface area contributed by atoms with Crippen molar-refractivity contribution in [2.75, 3.05) is 10.6 Å². The summed E-state index contributed by atoms with van der Waals surface area (Å²) >= 11 is 1.67. The highest BCUT2D eigenvalue weighted by Gasteiger charge is 2.30. The zero-order valence-electron chi connectivity index (χ0n) is 10.9. The van der Waals surface area contributed by atoms with Gasteiger partial charge in [0.15, 0.2) is 0 Å². The number of fused-ring (bicyclic) bond motifs is 2. The van der Waals surface area contributed by atoms with Crippen LogP contribution in [-0.4, -0.2) is 5.91 Å². The third kappa shape index (κ3) is 2.06. The summed E-state index contributed by atoms with van der Waals surface area (Å²) in [5.74, 6) is -0.508. The predicted molar refractivity (Wildman–Crippen MR) is 83.2 cm³/mol. The first-order valence-electron chi connectivity index (χ1n) is 6.55. The first-order valence-corrected chi connectivity index (χ1v) is 7.43. The van der Waals surface area contributed by atoms with Crippen molar-refractivity contribution in [2.45, 2.75) is 6.04 Å². The molecule has 1 aliphatic heterocycles. The lowest BCUT2D eigenvalue weighted by molar-refractivity contribution is -0.116. The minimum Gasteiger partial charge on any atom is -0.370 e. The first-order chi connectivity index (χ1) is 10.2. The summed E-state index contributed by atoms with van der Waals surface area (Å²) in [4.78, 5) is 12.1. The molecule has 5 heteroatoms. The van der Waals surface area contributed by atoms with E-state index in [2.05, 4.69) is 10.6 Å². The molecule has 1 aromatic heterocycles. The Kier molecular flexibility index (Phi) is 2.68. The first kappa shape index (κ1) is 12.3. The Hall–Kier alpha value is -2.40. The summed E-state index contributed by atoms with van der Waals surface area (Å²) < 4.78 is 14.6. The zero-order valence-corrected chi connectivity index (χ0v) is 11.7. The summed E-state index contributed by atoms with van der Waals surface area (Å²) in [7, 11) is 0. The van der Waals surface area contributed by atoms with E-state index < -0.39 is 6.04 Å². The van der Waals surface area contributed by atoms with Gasteiger partial charge < -0.3 is 10.6 Å². The maximum absolute atomic E-state index is 13.4. The van der Waals surface area contributed by atoms with Gasteiger partial charge in [0.25, 0.3) is 5.91 Å². The van der Waals surface area contributed by atoms with Crippen molar-refractivity contribution >= 4 is 38.7 Å². The van der Waals surface area contributed by atoms with E-state index in [1.807, 2.05) is 29.6 Å². The van der Waals surface area contributed by atoms with Crippen molar-refractivity contribution in [1.29, 1.82) is 0 Å². The standard InChI is InChI=1S/C16H11FN2OS/c17-10-1-3-13-12(8-10)15(16(20)19-13)18-11-2-4-14-9(7-11)5-6-21-14/h1-8,15,18H,(H,19,20). The molecule has 0 spiro atoms. The van der Waals surface area contributed by atoms with Crippen molar-refractivity contribution in [3.63, 3.8) is 0 Å². The van der Waals surface area contributed by atoms with E-state index in [9.17, 15) is 9.18 Å². The molecule has 104 valence electrons. The number of amides is 1. The molecule has 0 fully saturated rings. The van der Waals surface area contributed by atoms with Gasteiger partial charge in [-0.3, -0.25) is 4.79 Å². The van der Waals surface area contributed by atoms with Crippen LogP contribution in [0.25, 0.3) is 10.1 Å². The maximum atomic E-state index is 13.4. The van der Waals surface area contributed by atoms with Gasteiger partial charge in [-0.05, 0) is 53.2 Å². The molecule has 4 rings (SSSR count). The van der Waals surface area contributed by atoms with Crippen LogP contribution in [0.4, 0.5) is 15.8 Å². The predicted octanol–water partition coefficient (Wildman–Crippen LogP) is 4.15. The van der Waals surface area contributed by atoms with Crippen LogP contribution in [0.1, 0.15) is 11.6 Å². The van der Waals surface area contributed by atoms with Crippen molar-refractivity contribution in [1.82, 2.24) is 0 Å². The smallest absolute Gasteiger partial charge is 0.251 e. The summed E-state index contributed by atoms with van der Waals surface area (Å²) in [5, 5.41) is 9.10. The summed E-state index contributed by atoms with van der Waals surface area (Å²) in [6.07, 6.45) is 0. The van der Waals surface area contributed by atoms with Gasteiger partial charge in [0.1, 0.15) is 11.9 Å². The largest absolute Gasteiger partial charge is 0.370 e. The fourth-order valence-corrected chi connectivity index (χ4v) is 3.37. The molecule has 1 atom stereocenters. The number of carbonyl (C=O) groups is 1. The number of anilines is 2. The Morgan fingerprint density at radius 2 is 2.05 bits per heavy atom. The number of rotatable bonds is 2. The Bertz CT molecular complexity index is 858. The molecule has 3 nitrogen and oxygen atoms in total. The monoisotopic (exact) mass is 298 g/mol. The van der Waals surface area contributed by atoms with Crippen LogP contribution in [0.15, 0.2) is 47.8 Å². The molecule has 0 bridgehead atoms. The van der Waals surface area contributed by atoms with Crippen LogP contribution < -0.4 is 10.6 Å². The van der Waals surface area contributed by atoms with E-state index in [1.54, 1.807) is 17.4 Å². The fraction of sp³-hybridized carbons (Fsp3) is 0.0625. The molecule has 1 unspecified atom stereocenters. The molecule has 3 aromatic rings. The fourth-order valence-electron chi connectivity index (χ4n) is 2.60. The van der Waals surface area contributed by atoms with Gasteiger partial charge in [-0.15, -0.1) is 11.3 Å². The topological polar surface area (TPSA) is 41.1 Å². The number of benzene rings is 2. The Morgan fingerprint density at radius 1 is 1.14 bits per heavy atom. The summed E-state index contributed by atoms with van der Waals surface area (Å²) in [6.45, 7) is 0. The molecule has 21 heavy (non-hydrogen) atoms. The molecule has 2 aromatic carbocycles. The normalized spacial score (nSPS) is 16.8. The summed E-state index contributed by atoms with van der Waals surface area (Å²) in [6, 6.07) is 11.8. The number of carbonyl (C=O) groups excluding carboxylic acids is 1. The molecule has 0 radical (unpaired) electrons. The van der Waals surface area contributed by atoms with E-state index in [1.165, 1.54) is 16.8 Å². The number of nitrogens with one attached hydrogen (secondary N) is 2. The van der Waals surface area contributed by atoms with Crippen molar-refractivity contribution in [2.24, 2.45) is 0 Å². The van der Waals surface area contributed by atoms with Crippen molar-refractivity contribution in [3.8, 4) is 0 Å². The van der Waals surface area contributed by atoms with E-state index >= 15 is 0 Å². The molecule has 0 saturated heterocycles. The van der Waals surface area contributed by atoms with Gasteiger partial charge in [-0.1, -0.05) is 0 Å². The van der Waals surface area contributed by atoms with Crippen molar-refractivity contribution in [3.05, 3.63) is 59.2 Å². The van der Waals surface area contributed by atoms with Crippen LogP contribution in [0, 0.1) is 5.82 Å². The number of hydrogen-bond acceptors (Lipinski definition) is 3. The third-order valence-electron chi connectivity index (χ3n) is 3.61. The second-order valence-electron chi connectivity index (χ2n) is 4.97. The highest BCUT2D eigenvalue weighted by Crippen LogP contribution is 2.34. The number of halogens is 1. The molecule has 2 heterocycles. The minimum atomic E-state index is -0.563. The Balaban J connectivity index is 1.70. The minimum absolute atomic E-state index is 0.166.